The van der Waals surface area contributed by atoms with E-state index < -0.39 is 11.9 Å². The zero-order chi connectivity index (χ0) is 15.3. The first kappa shape index (κ1) is 15.7. The first-order valence-corrected chi connectivity index (χ1v) is 6.17. The van der Waals surface area contributed by atoms with E-state index >= 15 is 0 Å². The number of hydrogen-bond acceptors (Lipinski definition) is 3. The molecule has 2 N–H and O–H groups in total. The van der Waals surface area contributed by atoms with Gasteiger partial charge in [-0.05, 0) is 18.2 Å². The Morgan fingerprint density at radius 2 is 1.90 bits per heavy atom. The fraction of sp³-hybridized carbons (Fsp3) is 0.357. The van der Waals surface area contributed by atoms with Crippen LogP contribution in [-0.2, 0) is 4.79 Å². The molecular weight excluding hydrogens is 260 g/mol. The number of carboxylic acid groups (broad SMARTS) is 1. The highest BCUT2D eigenvalue weighted by Gasteiger charge is 2.19. The van der Waals surface area contributed by atoms with Gasteiger partial charge in [-0.15, -0.1) is 0 Å². The quantitative estimate of drug-likeness (QED) is 0.835. The number of nitrogens with one attached hydrogen (secondary N) is 1. The number of carbonyl (C=O) groups is 3. The standard InChI is InChI=1S/C14H18N2O4/c1-9(14(19)20)8-16(3)13(18)11-6-4-5-10(7-11)12(17)15-2/h4-7,9H,8H2,1-3H3,(H,15,17)(H,19,20). The fourth-order valence-corrected chi connectivity index (χ4v) is 1.73. The summed E-state index contributed by atoms with van der Waals surface area (Å²) in [5, 5.41) is 11.3. The van der Waals surface area contributed by atoms with Crippen molar-refractivity contribution in [2.75, 3.05) is 20.6 Å². The van der Waals surface area contributed by atoms with Crippen LogP contribution in [0.15, 0.2) is 24.3 Å². The third kappa shape index (κ3) is 3.81. The predicted octanol–water partition coefficient (Wildman–Crippen LogP) is 0.839. The van der Waals surface area contributed by atoms with E-state index in [2.05, 4.69) is 5.32 Å². The summed E-state index contributed by atoms with van der Waals surface area (Å²) in [6.45, 7) is 1.64. The molecule has 1 rings (SSSR count). The molecule has 0 fully saturated rings. The van der Waals surface area contributed by atoms with Crippen molar-refractivity contribution in [2.24, 2.45) is 5.92 Å². The molecule has 0 aliphatic rings. The summed E-state index contributed by atoms with van der Waals surface area (Å²) >= 11 is 0. The van der Waals surface area contributed by atoms with Gasteiger partial charge in [0.1, 0.15) is 0 Å². The van der Waals surface area contributed by atoms with Gasteiger partial charge in [-0.2, -0.15) is 0 Å². The van der Waals surface area contributed by atoms with Gasteiger partial charge in [-0.1, -0.05) is 13.0 Å². The summed E-state index contributed by atoms with van der Waals surface area (Å²) < 4.78 is 0. The maximum Gasteiger partial charge on any atom is 0.308 e. The second kappa shape index (κ2) is 6.70. The molecule has 108 valence electrons. The highest BCUT2D eigenvalue weighted by molar-refractivity contribution is 5.99. The average Bonchev–Trinajstić information content (AvgIpc) is 2.45. The van der Waals surface area contributed by atoms with E-state index in [-0.39, 0.29) is 18.4 Å². The minimum Gasteiger partial charge on any atom is -0.481 e. The Kier molecular flexibility index (Phi) is 5.25. The maximum atomic E-state index is 12.2. The van der Waals surface area contributed by atoms with E-state index in [0.717, 1.165) is 0 Å². The lowest BCUT2D eigenvalue weighted by atomic mass is 10.1. The molecule has 0 heterocycles. The first-order valence-electron chi connectivity index (χ1n) is 6.17. The smallest absolute Gasteiger partial charge is 0.308 e. The summed E-state index contributed by atoms with van der Waals surface area (Å²) in [5.41, 5.74) is 0.740. The SMILES string of the molecule is CNC(=O)c1cccc(C(=O)N(C)CC(C)C(=O)O)c1. The topological polar surface area (TPSA) is 86.7 Å². The Morgan fingerprint density at radius 1 is 1.30 bits per heavy atom. The molecule has 1 unspecified atom stereocenters. The van der Waals surface area contributed by atoms with Crippen LogP contribution in [0.3, 0.4) is 0 Å². The van der Waals surface area contributed by atoms with E-state index in [0.29, 0.717) is 11.1 Å². The molecule has 1 aromatic carbocycles. The van der Waals surface area contributed by atoms with E-state index in [1.807, 2.05) is 0 Å². The Hall–Kier alpha value is -2.37. The number of aliphatic carboxylic acids is 1. The van der Waals surface area contributed by atoms with Crippen LogP contribution in [0.2, 0.25) is 0 Å². The number of amides is 2. The van der Waals surface area contributed by atoms with E-state index in [9.17, 15) is 14.4 Å². The zero-order valence-corrected chi connectivity index (χ0v) is 11.7. The highest BCUT2D eigenvalue weighted by atomic mass is 16.4. The number of hydrogen-bond donors (Lipinski definition) is 2. The Labute approximate surface area is 117 Å². The summed E-state index contributed by atoms with van der Waals surface area (Å²) in [6, 6.07) is 6.31. The molecule has 0 spiro atoms. The van der Waals surface area contributed by atoms with Crippen LogP contribution in [0, 0.1) is 5.92 Å². The Bertz CT molecular complexity index is 528. The van der Waals surface area contributed by atoms with Crippen LogP contribution in [0.1, 0.15) is 27.6 Å². The fourth-order valence-electron chi connectivity index (χ4n) is 1.73. The van der Waals surface area contributed by atoms with E-state index in [1.54, 1.807) is 18.2 Å². The van der Waals surface area contributed by atoms with Gasteiger partial charge < -0.3 is 15.3 Å². The minimum atomic E-state index is -0.955. The van der Waals surface area contributed by atoms with Crippen LogP contribution in [0.5, 0.6) is 0 Å². The molecule has 6 nitrogen and oxygen atoms in total. The van der Waals surface area contributed by atoms with Crippen molar-refractivity contribution >= 4 is 17.8 Å². The van der Waals surface area contributed by atoms with Crippen LogP contribution in [0.4, 0.5) is 0 Å². The summed E-state index contributed by atoms with van der Waals surface area (Å²) in [6.07, 6.45) is 0. The second-order valence-corrected chi connectivity index (χ2v) is 4.58. The summed E-state index contributed by atoms with van der Waals surface area (Å²) in [5.74, 6) is -2.19. The van der Waals surface area contributed by atoms with Gasteiger partial charge in [0, 0.05) is 31.8 Å². The summed E-state index contributed by atoms with van der Waals surface area (Å²) in [4.78, 5) is 35.8. The second-order valence-electron chi connectivity index (χ2n) is 4.58. The maximum absolute atomic E-state index is 12.2. The van der Waals surface area contributed by atoms with Crippen molar-refractivity contribution in [3.63, 3.8) is 0 Å². The van der Waals surface area contributed by atoms with Crippen molar-refractivity contribution in [3.8, 4) is 0 Å². The van der Waals surface area contributed by atoms with Gasteiger partial charge in [-0.25, -0.2) is 0 Å². The normalized spacial score (nSPS) is 11.6. The van der Waals surface area contributed by atoms with Crippen LogP contribution in [0.25, 0.3) is 0 Å². The van der Waals surface area contributed by atoms with Crippen LogP contribution < -0.4 is 5.32 Å². The number of nitrogens with zero attached hydrogens (tertiary/aromatic N) is 1. The van der Waals surface area contributed by atoms with Gasteiger partial charge in [0.15, 0.2) is 0 Å². The molecule has 0 saturated heterocycles. The van der Waals surface area contributed by atoms with Crippen LogP contribution >= 0.6 is 0 Å². The first-order chi connectivity index (χ1) is 9.36. The van der Waals surface area contributed by atoms with Crippen molar-refractivity contribution in [2.45, 2.75) is 6.92 Å². The predicted molar refractivity (Wildman–Crippen MR) is 73.6 cm³/mol. The monoisotopic (exact) mass is 278 g/mol. The molecule has 6 heteroatoms. The van der Waals surface area contributed by atoms with Gasteiger partial charge in [-0.3, -0.25) is 14.4 Å². The molecule has 20 heavy (non-hydrogen) atoms. The number of carboxylic acids is 1. The van der Waals surface area contributed by atoms with Crippen molar-refractivity contribution in [1.82, 2.24) is 10.2 Å². The molecule has 1 atom stereocenters. The number of rotatable bonds is 5. The number of benzene rings is 1. The highest BCUT2D eigenvalue weighted by Crippen LogP contribution is 2.09. The molecule has 0 aromatic heterocycles. The average molecular weight is 278 g/mol. The molecule has 1 aromatic rings. The number of carbonyl (C=O) groups excluding carboxylic acids is 2. The molecule has 0 aliphatic carbocycles. The van der Waals surface area contributed by atoms with Crippen LogP contribution in [-0.4, -0.2) is 48.4 Å². The van der Waals surface area contributed by atoms with Crippen molar-refractivity contribution < 1.29 is 19.5 Å². The molecule has 0 bridgehead atoms. The van der Waals surface area contributed by atoms with Gasteiger partial charge >= 0.3 is 5.97 Å². The Morgan fingerprint density at radius 3 is 2.45 bits per heavy atom. The van der Waals surface area contributed by atoms with Gasteiger partial charge in [0.05, 0.1) is 5.92 Å². The summed E-state index contributed by atoms with van der Waals surface area (Å²) in [7, 11) is 3.05. The minimum absolute atomic E-state index is 0.109. The molecule has 0 saturated carbocycles. The third-order valence-corrected chi connectivity index (χ3v) is 2.91. The van der Waals surface area contributed by atoms with Crippen molar-refractivity contribution in [1.29, 1.82) is 0 Å². The van der Waals surface area contributed by atoms with E-state index in [1.165, 1.54) is 32.0 Å². The molecule has 2 amide bonds. The zero-order valence-electron chi connectivity index (χ0n) is 11.7. The lowest BCUT2D eigenvalue weighted by Gasteiger charge is -2.19. The third-order valence-electron chi connectivity index (χ3n) is 2.91. The van der Waals surface area contributed by atoms with Gasteiger partial charge in [0.25, 0.3) is 11.8 Å². The molecular formula is C14H18N2O4. The molecule has 0 aliphatic heterocycles. The Balaban J connectivity index is 2.86. The lowest BCUT2D eigenvalue weighted by Crippen LogP contribution is -2.33. The van der Waals surface area contributed by atoms with Crippen molar-refractivity contribution in [3.05, 3.63) is 35.4 Å². The lowest BCUT2D eigenvalue weighted by molar-refractivity contribution is -0.141. The largest absolute Gasteiger partial charge is 0.481 e. The van der Waals surface area contributed by atoms with E-state index in [4.69, 9.17) is 5.11 Å². The molecule has 0 radical (unpaired) electrons. The van der Waals surface area contributed by atoms with Gasteiger partial charge in [0.2, 0.25) is 0 Å².